The molecule has 1 aromatic carbocycles. The van der Waals surface area contributed by atoms with Crippen LogP contribution >= 0.6 is 0 Å². The number of hydrogen-bond donors (Lipinski definition) is 0. The van der Waals surface area contributed by atoms with E-state index in [2.05, 4.69) is 5.16 Å². The Balaban J connectivity index is 2.03. The van der Waals surface area contributed by atoms with Crippen molar-refractivity contribution in [1.29, 1.82) is 0 Å². The van der Waals surface area contributed by atoms with Crippen molar-refractivity contribution >= 4 is 21.5 Å². The Bertz CT molecular complexity index is 843. The lowest BCUT2D eigenvalue weighted by molar-refractivity contribution is 0.103. The average molecular weight is 338 g/mol. The van der Waals surface area contributed by atoms with E-state index < -0.39 is 21.6 Å². The molecule has 0 unspecified atom stereocenters. The van der Waals surface area contributed by atoms with E-state index in [1.807, 2.05) is 0 Å². The van der Waals surface area contributed by atoms with Crippen molar-refractivity contribution in [3.8, 4) is 0 Å². The van der Waals surface area contributed by atoms with E-state index in [4.69, 9.17) is 4.52 Å². The summed E-state index contributed by atoms with van der Waals surface area (Å²) in [6, 6.07) is 5.66. The van der Waals surface area contributed by atoms with E-state index in [0.717, 1.165) is 12.8 Å². The largest absolute Gasteiger partial charge is 0.360 e. The third kappa shape index (κ3) is 2.86. The van der Waals surface area contributed by atoms with Gasteiger partial charge in [-0.3, -0.25) is 4.79 Å². The zero-order valence-electron chi connectivity index (χ0n) is 12.4. The highest BCUT2D eigenvalue weighted by molar-refractivity contribution is 7.92. The Morgan fingerprint density at radius 2 is 2.04 bits per heavy atom. The van der Waals surface area contributed by atoms with Crippen LogP contribution in [0.2, 0.25) is 0 Å². The van der Waals surface area contributed by atoms with Crippen LogP contribution < -0.4 is 4.53 Å². The van der Waals surface area contributed by atoms with Crippen LogP contribution in [-0.2, 0) is 10.0 Å². The summed E-state index contributed by atoms with van der Waals surface area (Å²) in [7, 11) is -4.11. The summed E-state index contributed by atoms with van der Waals surface area (Å²) in [4.78, 5) is 12.7. The predicted octanol–water partition coefficient (Wildman–Crippen LogP) is 2.82. The molecule has 0 radical (unpaired) electrons. The van der Waals surface area contributed by atoms with Crippen LogP contribution in [0.15, 0.2) is 35.0 Å². The summed E-state index contributed by atoms with van der Waals surface area (Å²) in [5, 5.41) is 3.65. The summed E-state index contributed by atoms with van der Waals surface area (Å²) < 4.78 is 42.6. The Kier molecular flexibility index (Phi) is 3.93. The zero-order chi connectivity index (χ0) is 16.6. The molecule has 0 amide bonds. The second-order valence-corrected chi connectivity index (χ2v) is 7.40. The molecule has 0 N–H and O–H groups in total. The van der Waals surface area contributed by atoms with Gasteiger partial charge in [-0.25, -0.2) is 8.42 Å². The maximum atomic E-state index is 14.3. The summed E-state index contributed by atoms with van der Waals surface area (Å²) in [6.45, 7) is 1.33. The molecule has 1 aliphatic rings. The van der Waals surface area contributed by atoms with Crippen LogP contribution in [0.3, 0.4) is 0 Å². The number of ketones is 1. The first kappa shape index (κ1) is 15.7. The molecule has 2 aromatic rings. The molecule has 0 bridgehead atoms. The Hall–Kier alpha value is -2.22. The van der Waals surface area contributed by atoms with E-state index >= 15 is 0 Å². The molecule has 0 saturated heterocycles. The van der Waals surface area contributed by atoms with Gasteiger partial charge in [0.15, 0.2) is 11.5 Å². The first-order chi connectivity index (χ1) is 11.0. The number of carbonyl (C=O) groups excluding carboxylic acids is 1. The fourth-order valence-corrected chi connectivity index (χ4v) is 2.97. The minimum Gasteiger partial charge on any atom is -0.360 e. The van der Waals surface area contributed by atoms with Gasteiger partial charge in [-0.05, 0) is 31.9 Å². The van der Waals surface area contributed by atoms with Crippen molar-refractivity contribution in [3.63, 3.8) is 0 Å². The number of anilines is 1. The summed E-state index contributed by atoms with van der Waals surface area (Å²) in [5.41, 5.74) is -0.0957. The van der Waals surface area contributed by atoms with E-state index in [-0.39, 0.29) is 27.3 Å². The molecule has 1 saturated carbocycles. The van der Waals surface area contributed by atoms with Gasteiger partial charge in [0.1, 0.15) is 0 Å². The molecule has 0 aliphatic heterocycles. The van der Waals surface area contributed by atoms with Gasteiger partial charge >= 0.3 is 0 Å². The third-order valence-electron chi connectivity index (χ3n) is 3.74. The highest BCUT2D eigenvalue weighted by atomic mass is 32.2. The lowest BCUT2D eigenvalue weighted by Crippen LogP contribution is -2.25. The van der Waals surface area contributed by atoms with Crippen LogP contribution in [0, 0.1) is 0 Å². The minimum absolute atomic E-state index is 0.0443. The molecular weight excluding hydrogens is 323 g/mol. The number of carbonyl (C=O) groups is 1. The molecule has 0 spiro atoms. The molecule has 1 aliphatic carbocycles. The van der Waals surface area contributed by atoms with Crippen LogP contribution in [0.1, 0.15) is 47.4 Å². The van der Waals surface area contributed by atoms with Crippen molar-refractivity contribution in [2.24, 2.45) is 0 Å². The van der Waals surface area contributed by atoms with Crippen molar-refractivity contribution < 1.29 is 22.2 Å². The topological polar surface area (TPSA) is 80.5 Å². The smallest absolute Gasteiger partial charge is 0.261 e. The minimum atomic E-state index is -4.11. The maximum Gasteiger partial charge on any atom is 0.261 e. The molecule has 23 heavy (non-hydrogen) atoms. The van der Waals surface area contributed by atoms with Gasteiger partial charge in [0.2, 0.25) is 0 Å². The van der Waals surface area contributed by atoms with Crippen molar-refractivity contribution in [1.82, 2.24) is 5.16 Å². The second-order valence-electron chi connectivity index (χ2n) is 5.34. The first-order valence-corrected chi connectivity index (χ1v) is 8.83. The molecule has 3 rings (SSSR count). The van der Waals surface area contributed by atoms with E-state index in [0.29, 0.717) is 5.76 Å². The van der Waals surface area contributed by atoms with E-state index in [9.17, 15) is 17.7 Å². The maximum absolute atomic E-state index is 14.3. The molecule has 0 atom stereocenters. The molecule has 6 nitrogen and oxygen atoms in total. The summed E-state index contributed by atoms with van der Waals surface area (Å²) in [6.07, 6.45) is 3.12. The standard InChI is InChI=1S/C15H15FN2O4S/c1-2-23(20,21)18(16)13-6-4-3-5-11(13)14(19)12-9-17-22-15(12)10-7-8-10/h3-6,9-10H,2,7-8H2,1H3. The van der Waals surface area contributed by atoms with Crippen LogP contribution in [0.5, 0.6) is 0 Å². The molecular formula is C15H15FN2O4S. The lowest BCUT2D eigenvalue weighted by Gasteiger charge is -2.16. The van der Waals surface area contributed by atoms with Gasteiger partial charge in [0.25, 0.3) is 10.0 Å². The monoisotopic (exact) mass is 338 g/mol. The van der Waals surface area contributed by atoms with Crippen LogP contribution in [0.25, 0.3) is 0 Å². The molecule has 1 heterocycles. The highest BCUT2D eigenvalue weighted by Gasteiger charge is 2.34. The van der Waals surface area contributed by atoms with Crippen molar-refractivity contribution in [2.45, 2.75) is 25.7 Å². The second kappa shape index (κ2) is 5.77. The van der Waals surface area contributed by atoms with E-state index in [1.54, 1.807) is 6.07 Å². The lowest BCUT2D eigenvalue weighted by atomic mass is 10.0. The van der Waals surface area contributed by atoms with Crippen molar-refractivity contribution in [2.75, 3.05) is 10.3 Å². The molecule has 122 valence electrons. The molecule has 1 fully saturated rings. The number of para-hydroxylation sites is 1. The van der Waals surface area contributed by atoms with Gasteiger partial charge in [0, 0.05) is 5.92 Å². The van der Waals surface area contributed by atoms with Crippen LogP contribution in [-0.4, -0.2) is 25.1 Å². The number of hydrogen-bond acceptors (Lipinski definition) is 5. The summed E-state index contributed by atoms with van der Waals surface area (Å²) >= 11 is 0. The highest BCUT2D eigenvalue weighted by Crippen LogP contribution is 2.42. The Morgan fingerprint density at radius 1 is 1.35 bits per heavy atom. The summed E-state index contributed by atoms with van der Waals surface area (Å²) in [5.74, 6) is -0.275. The quantitative estimate of drug-likeness (QED) is 0.597. The number of benzene rings is 1. The predicted molar refractivity (Wildman–Crippen MR) is 81.4 cm³/mol. The average Bonchev–Trinajstić information content (AvgIpc) is 3.30. The van der Waals surface area contributed by atoms with Gasteiger partial charge in [-0.2, -0.15) is 0 Å². The van der Waals surface area contributed by atoms with Crippen LogP contribution in [0.4, 0.5) is 10.2 Å². The Labute approximate surface area is 132 Å². The van der Waals surface area contributed by atoms with Gasteiger partial charge in [0.05, 0.1) is 28.8 Å². The third-order valence-corrected chi connectivity index (χ3v) is 5.15. The van der Waals surface area contributed by atoms with Gasteiger partial charge < -0.3 is 4.52 Å². The first-order valence-electron chi connectivity index (χ1n) is 7.22. The SMILES string of the molecule is CCS(=O)(=O)N(F)c1ccccc1C(=O)c1cnoc1C1CC1. The molecule has 8 heteroatoms. The van der Waals surface area contributed by atoms with Crippen molar-refractivity contribution in [3.05, 3.63) is 47.3 Å². The number of sulfonamides is 1. The zero-order valence-corrected chi connectivity index (χ0v) is 13.2. The Morgan fingerprint density at radius 3 is 2.70 bits per heavy atom. The van der Waals surface area contributed by atoms with Gasteiger partial charge in [-0.1, -0.05) is 21.8 Å². The number of aromatic nitrogens is 1. The fraction of sp³-hybridized carbons (Fsp3) is 0.333. The number of rotatable bonds is 6. The van der Waals surface area contributed by atoms with E-state index in [1.165, 1.54) is 31.3 Å². The van der Waals surface area contributed by atoms with Gasteiger partial charge in [-0.15, -0.1) is 4.53 Å². The number of halogens is 1. The normalized spacial score (nSPS) is 14.7. The number of nitrogens with zero attached hydrogens (tertiary/aromatic N) is 2. The fourth-order valence-electron chi connectivity index (χ4n) is 2.29. The molecule has 1 aromatic heterocycles.